The quantitative estimate of drug-likeness (QED) is 0.591. The number of halogens is 2. The van der Waals surface area contributed by atoms with Gasteiger partial charge in [-0.25, -0.2) is 0 Å². The molecule has 0 aromatic heterocycles. The average Bonchev–Trinajstić information content (AvgIpc) is 2.07. The Labute approximate surface area is 94.6 Å². The second-order valence-electron chi connectivity index (χ2n) is 2.45. The molecule has 0 aliphatic rings. The van der Waals surface area contributed by atoms with Crippen molar-refractivity contribution in [3.8, 4) is 6.07 Å². The van der Waals surface area contributed by atoms with Crippen LogP contribution in [0.15, 0.2) is 12.1 Å². The number of ketones is 1. The normalized spacial score (nSPS) is 9.38. The number of Topliss-reactive ketones (excluding diaryl/α,β-unsaturated/α-hetero) is 1. The molecular weight excluding hydrogens is 300 g/mol. The lowest BCUT2D eigenvalue weighted by atomic mass is 10.1. The maximum atomic E-state index is 11.2. The van der Waals surface area contributed by atoms with Crippen LogP contribution < -0.4 is 0 Å². The van der Waals surface area contributed by atoms with Crippen molar-refractivity contribution in [3.05, 3.63) is 31.9 Å². The summed E-state index contributed by atoms with van der Waals surface area (Å²) in [4.78, 5) is 11.2. The Morgan fingerprint density at radius 1 is 1.62 bits per heavy atom. The third kappa shape index (κ3) is 2.01. The average molecular weight is 306 g/mol. The predicted octanol–water partition coefficient (Wildman–Crippen LogP) is 3.02. The standard InChI is InChI=1S/C9H5ClINO/c1-5(13)9-6(4-12)8(11)3-2-7(9)10/h2-3H,1H3. The summed E-state index contributed by atoms with van der Waals surface area (Å²) in [5, 5.41) is 9.14. The van der Waals surface area contributed by atoms with Gasteiger partial charge in [-0.15, -0.1) is 0 Å². The van der Waals surface area contributed by atoms with E-state index in [2.05, 4.69) is 0 Å². The number of carbonyl (C=O) groups excluding carboxylic acids is 1. The van der Waals surface area contributed by atoms with Gasteiger partial charge in [-0.1, -0.05) is 11.6 Å². The van der Waals surface area contributed by atoms with Crippen molar-refractivity contribution >= 4 is 40.0 Å². The molecule has 1 aromatic carbocycles. The molecule has 2 nitrogen and oxygen atoms in total. The van der Waals surface area contributed by atoms with Crippen molar-refractivity contribution in [2.24, 2.45) is 0 Å². The Hall–Kier alpha value is -0.600. The lowest BCUT2D eigenvalue weighted by Crippen LogP contribution is -2.00. The highest BCUT2D eigenvalue weighted by atomic mass is 127. The van der Waals surface area contributed by atoms with Crippen LogP contribution in [0.5, 0.6) is 0 Å². The van der Waals surface area contributed by atoms with Crippen molar-refractivity contribution in [2.75, 3.05) is 0 Å². The Kier molecular flexibility index (Phi) is 3.28. The van der Waals surface area contributed by atoms with Gasteiger partial charge in [0.1, 0.15) is 6.07 Å². The number of nitrogens with zero attached hydrogens (tertiary/aromatic N) is 1. The van der Waals surface area contributed by atoms with E-state index in [1.807, 2.05) is 28.7 Å². The minimum absolute atomic E-state index is 0.180. The molecule has 66 valence electrons. The lowest BCUT2D eigenvalue weighted by molar-refractivity contribution is 0.101. The summed E-state index contributed by atoms with van der Waals surface area (Å²) < 4.78 is 0.745. The summed E-state index contributed by atoms with van der Waals surface area (Å²) in [6.07, 6.45) is 0. The van der Waals surface area contributed by atoms with E-state index in [0.29, 0.717) is 16.1 Å². The second kappa shape index (κ2) is 4.07. The molecular formula is C9H5ClINO. The van der Waals surface area contributed by atoms with Crippen LogP contribution in [0.2, 0.25) is 5.02 Å². The Morgan fingerprint density at radius 3 is 2.62 bits per heavy atom. The van der Waals surface area contributed by atoms with E-state index >= 15 is 0 Å². The minimum atomic E-state index is -0.180. The molecule has 1 aromatic rings. The first kappa shape index (κ1) is 10.5. The van der Waals surface area contributed by atoms with Crippen LogP contribution in [-0.4, -0.2) is 5.78 Å². The van der Waals surface area contributed by atoms with E-state index in [1.54, 1.807) is 12.1 Å². The largest absolute Gasteiger partial charge is 0.294 e. The van der Waals surface area contributed by atoms with Crippen LogP contribution in [0.4, 0.5) is 0 Å². The summed E-state index contributed by atoms with van der Waals surface area (Å²) in [6, 6.07) is 5.32. The summed E-state index contributed by atoms with van der Waals surface area (Å²) in [5.41, 5.74) is 0.677. The van der Waals surface area contributed by atoms with Gasteiger partial charge < -0.3 is 0 Å². The van der Waals surface area contributed by atoms with Crippen molar-refractivity contribution in [1.82, 2.24) is 0 Å². The molecule has 0 heterocycles. The molecule has 0 saturated carbocycles. The molecule has 0 atom stereocenters. The number of carbonyl (C=O) groups is 1. The van der Waals surface area contributed by atoms with Crippen LogP contribution in [0.3, 0.4) is 0 Å². The molecule has 0 spiro atoms. The van der Waals surface area contributed by atoms with E-state index in [-0.39, 0.29) is 5.78 Å². The Bertz CT molecular complexity index is 409. The van der Waals surface area contributed by atoms with Gasteiger partial charge in [0.2, 0.25) is 0 Å². The van der Waals surface area contributed by atoms with Crippen LogP contribution in [-0.2, 0) is 0 Å². The van der Waals surface area contributed by atoms with Crippen LogP contribution in [0.1, 0.15) is 22.8 Å². The van der Waals surface area contributed by atoms with E-state index in [9.17, 15) is 4.79 Å². The molecule has 4 heteroatoms. The zero-order valence-corrected chi connectivity index (χ0v) is 9.68. The molecule has 0 radical (unpaired) electrons. The number of nitriles is 1. The number of hydrogen-bond donors (Lipinski definition) is 0. The van der Waals surface area contributed by atoms with Crippen LogP contribution in [0.25, 0.3) is 0 Å². The first-order chi connectivity index (χ1) is 6.07. The molecule has 0 saturated heterocycles. The third-order valence-electron chi connectivity index (χ3n) is 1.57. The first-order valence-corrected chi connectivity index (χ1v) is 4.92. The monoisotopic (exact) mass is 305 g/mol. The van der Waals surface area contributed by atoms with Gasteiger partial charge in [-0.2, -0.15) is 5.26 Å². The minimum Gasteiger partial charge on any atom is -0.294 e. The molecule has 1 rings (SSSR count). The van der Waals surface area contributed by atoms with Crippen LogP contribution in [0, 0.1) is 14.9 Å². The molecule has 0 aliphatic carbocycles. The molecule has 0 fully saturated rings. The van der Waals surface area contributed by atoms with E-state index in [4.69, 9.17) is 16.9 Å². The zero-order chi connectivity index (χ0) is 10.0. The van der Waals surface area contributed by atoms with E-state index in [1.165, 1.54) is 6.92 Å². The van der Waals surface area contributed by atoms with Crippen molar-refractivity contribution in [1.29, 1.82) is 5.26 Å². The van der Waals surface area contributed by atoms with Gasteiger partial charge in [0.05, 0.1) is 16.1 Å². The molecule has 13 heavy (non-hydrogen) atoms. The summed E-state index contributed by atoms with van der Waals surface area (Å²) in [5.74, 6) is -0.180. The first-order valence-electron chi connectivity index (χ1n) is 3.47. The fourth-order valence-corrected chi connectivity index (χ4v) is 1.87. The molecule has 0 amide bonds. The smallest absolute Gasteiger partial charge is 0.162 e. The van der Waals surface area contributed by atoms with Gasteiger partial charge in [-0.05, 0) is 41.6 Å². The van der Waals surface area contributed by atoms with Gasteiger partial charge >= 0.3 is 0 Å². The Balaban J connectivity index is 3.55. The fraction of sp³-hybridized carbons (Fsp3) is 0.111. The molecule has 0 aliphatic heterocycles. The topological polar surface area (TPSA) is 40.9 Å². The second-order valence-corrected chi connectivity index (χ2v) is 4.02. The number of hydrogen-bond acceptors (Lipinski definition) is 2. The highest BCUT2D eigenvalue weighted by Crippen LogP contribution is 2.24. The summed E-state index contributed by atoms with van der Waals surface area (Å²) in [6.45, 7) is 1.40. The highest BCUT2D eigenvalue weighted by Gasteiger charge is 2.14. The SMILES string of the molecule is CC(=O)c1c(Cl)ccc(I)c1C#N. The zero-order valence-electron chi connectivity index (χ0n) is 6.77. The third-order valence-corrected chi connectivity index (χ3v) is 2.78. The summed E-state index contributed by atoms with van der Waals surface area (Å²) >= 11 is 7.80. The Morgan fingerprint density at radius 2 is 2.23 bits per heavy atom. The number of rotatable bonds is 1. The van der Waals surface area contributed by atoms with Gasteiger partial charge in [0.25, 0.3) is 0 Å². The maximum absolute atomic E-state index is 11.2. The summed E-state index contributed by atoms with van der Waals surface area (Å²) in [7, 11) is 0. The molecule has 0 unspecified atom stereocenters. The van der Waals surface area contributed by atoms with E-state index in [0.717, 1.165) is 3.57 Å². The maximum Gasteiger partial charge on any atom is 0.162 e. The van der Waals surface area contributed by atoms with E-state index < -0.39 is 0 Å². The predicted molar refractivity (Wildman–Crippen MR) is 58.9 cm³/mol. The molecule has 0 bridgehead atoms. The van der Waals surface area contributed by atoms with Gasteiger partial charge in [-0.3, -0.25) is 4.79 Å². The number of benzene rings is 1. The highest BCUT2D eigenvalue weighted by molar-refractivity contribution is 14.1. The molecule has 0 N–H and O–H groups in total. The fourth-order valence-electron chi connectivity index (χ4n) is 1.01. The van der Waals surface area contributed by atoms with Crippen molar-refractivity contribution in [3.63, 3.8) is 0 Å². The van der Waals surface area contributed by atoms with Crippen molar-refractivity contribution < 1.29 is 4.79 Å². The van der Waals surface area contributed by atoms with Gasteiger partial charge in [0, 0.05) is 3.57 Å². The van der Waals surface area contributed by atoms with Crippen LogP contribution >= 0.6 is 34.2 Å². The van der Waals surface area contributed by atoms with Gasteiger partial charge in [0.15, 0.2) is 5.78 Å². The lowest BCUT2D eigenvalue weighted by Gasteiger charge is -2.03. The van der Waals surface area contributed by atoms with Crippen molar-refractivity contribution in [2.45, 2.75) is 6.92 Å².